The van der Waals surface area contributed by atoms with E-state index < -0.39 is 5.91 Å². The van der Waals surface area contributed by atoms with E-state index in [0.29, 0.717) is 36.0 Å². The summed E-state index contributed by atoms with van der Waals surface area (Å²) in [6, 6.07) is 28.4. The van der Waals surface area contributed by atoms with Gasteiger partial charge in [-0.25, -0.2) is 0 Å². The van der Waals surface area contributed by atoms with E-state index in [1.165, 1.54) is 0 Å². The van der Waals surface area contributed by atoms with Gasteiger partial charge in [-0.15, -0.1) is 0 Å². The second-order valence-electron chi connectivity index (χ2n) is 7.86. The molecule has 0 aliphatic rings. The van der Waals surface area contributed by atoms with E-state index in [2.05, 4.69) is 27.8 Å². The number of carbonyl (C=O) groups is 1. The quantitative estimate of drug-likeness (QED) is 0.138. The molecule has 0 spiro atoms. The van der Waals surface area contributed by atoms with Crippen LogP contribution in [0.3, 0.4) is 0 Å². The Labute approximate surface area is 218 Å². The molecular formula is C30H23BrN2O3. The number of anilines is 1. The highest BCUT2D eigenvalue weighted by atomic mass is 79.9. The summed E-state index contributed by atoms with van der Waals surface area (Å²) in [5, 5.41) is 14.4. The zero-order valence-corrected chi connectivity index (χ0v) is 21.0. The van der Waals surface area contributed by atoms with Gasteiger partial charge in [0.2, 0.25) is 0 Å². The fourth-order valence-corrected chi connectivity index (χ4v) is 3.84. The largest absolute Gasteiger partial charge is 0.489 e. The van der Waals surface area contributed by atoms with Gasteiger partial charge in [-0.2, -0.15) is 5.26 Å². The minimum absolute atomic E-state index is 0.0367. The van der Waals surface area contributed by atoms with Gasteiger partial charge >= 0.3 is 0 Å². The average Bonchev–Trinajstić information content (AvgIpc) is 2.91. The number of benzene rings is 4. The van der Waals surface area contributed by atoms with Crippen molar-refractivity contribution in [1.29, 1.82) is 5.26 Å². The van der Waals surface area contributed by atoms with Crippen molar-refractivity contribution >= 4 is 44.4 Å². The van der Waals surface area contributed by atoms with E-state index in [1.54, 1.807) is 36.4 Å². The van der Waals surface area contributed by atoms with Crippen molar-refractivity contribution in [3.05, 3.63) is 119 Å². The van der Waals surface area contributed by atoms with E-state index in [9.17, 15) is 10.1 Å². The summed E-state index contributed by atoms with van der Waals surface area (Å²) in [7, 11) is 0. The van der Waals surface area contributed by atoms with Gasteiger partial charge in [-0.1, -0.05) is 71.0 Å². The first kappa shape index (κ1) is 24.8. The Morgan fingerprint density at radius 2 is 1.72 bits per heavy atom. The standard InChI is InChI=1S/C30H23BrN2O3/c1-2-17-35-29-16-9-22-5-3-4-6-27(22)28(29)18-23(19-32)30(34)33-25-12-14-26(15-13-25)36-20-21-7-10-24(31)11-8-21/h2-16,18H,1,17,20H2,(H,33,34)/b23-18+. The number of rotatable bonds is 9. The molecule has 1 N–H and O–H groups in total. The van der Waals surface area contributed by atoms with Crippen LogP contribution in [-0.2, 0) is 11.4 Å². The monoisotopic (exact) mass is 538 g/mol. The summed E-state index contributed by atoms with van der Waals surface area (Å²) in [5.41, 5.74) is 2.23. The molecule has 0 aliphatic heterocycles. The van der Waals surface area contributed by atoms with Crippen molar-refractivity contribution < 1.29 is 14.3 Å². The molecule has 6 heteroatoms. The molecule has 0 saturated carbocycles. The number of nitrogens with zero attached hydrogens (tertiary/aromatic N) is 1. The fraction of sp³-hybridized carbons (Fsp3) is 0.0667. The first-order valence-corrected chi connectivity index (χ1v) is 12.0. The molecule has 0 fully saturated rings. The number of nitrogens with one attached hydrogen (secondary N) is 1. The van der Waals surface area contributed by atoms with Gasteiger partial charge in [-0.05, 0) is 64.9 Å². The molecular weight excluding hydrogens is 516 g/mol. The third-order valence-corrected chi connectivity index (χ3v) is 5.90. The number of carbonyl (C=O) groups excluding carboxylic acids is 1. The highest BCUT2D eigenvalue weighted by Gasteiger charge is 2.14. The van der Waals surface area contributed by atoms with E-state index >= 15 is 0 Å². The van der Waals surface area contributed by atoms with Crippen molar-refractivity contribution in [3.8, 4) is 17.6 Å². The molecule has 0 aliphatic carbocycles. The van der Waals surface area contributed by atoms with Crippen LogP contribution in [0.5, 0.6) is 11.5 Å². The van der Waals surface area contributed by atoms with Crippen molar-refractivity contribution in [3.63, 3.8) is 0 Å². The van der Waals surface area contributed by atoms with Crippen LogP contribution in [0.1, 0.15) is 11.1 Å². The summed E-state index contributed by atoms with van der Waals surface area (Å²) in [6.45, 7) is 4.43. The Morgan fingerprint density at radius 1 is 0.972 bits per heavy atom. The van der Waals surface area contributed by atoms with Gasteiger partial charge in [0.15, 0.2) is 0 Å². The van der Waals surface area contributed by atoms with E-state index in [4.69, 9.17) is 9.47 Å². The predicted octanol–water partition coefficient (Wildman–Crippen LogP) is 7.29. The Morgan fingerprint density at radius 3 is 2.44 bits per heavy atom. The summed E-state index contributed by atoms with van der Waals surface area (Å²) >= 11 is 3.42. The summed E-state index contributed by atoms with van der Waals surface area (Å²) in [4.78, 5) is 12.9. The molecule has 4 aromatic carbocycles. The zero-order valence-electron chi connectivity index (χ0n) is 19.4. The molecule has 36 heavy (non-hydrogen) atoms. The summed E-state index contributed by atoms with van der Waals surface area (Å²) in [5.74, 6) is 0.733. The molecule has 4 rings (SSSR count). The van der Waals surface area contributed by atoms with Crippen LogP contribution in [0, 0.1) is 11.3 Å². The first-order chi connectivity index (χ1) is 17.6. The lowest BCUT2D eigenvalue weighted by atomic mass is 10.0. The Kier molecular flexibility index (Phi) is 8.17. The molecule has 4 aromatic rings. The lowest BCUT2D eigenvalue weighted by Crippen LogP contribution is -2.13. The molecule has 0 bridgehead atoms. The van der Waals surface area contributed by atoms with Crippen LogP contribution in [0.15, 0.2) is 108 Å². The highest BCUT2D eigenvalue weighted by molar-refractivity contribution is 9.10. The molecule has 0 radical (unpaired) electrons. The third-order valence-electron chi connectivity index (χ3n) is 5.37. The molecule has 1 amide bonds. The third kappa shape index (κ3) is 6.21. The fourth-order valence-electron chi connectivity index (χ4n) is 3.57. The van der Waals surface area contributed by atoms with Crippen LogP contribution in [-0.4, -0.2) is 12.5 Å². The van der Waals surface area contributed by atoms with E-state index in [-0.39, 0.29) is 5.57 Å². The zero-order chi connectivity index (χ0) is 25.3. The minimum Gasteiger partial charge on any atom is -0.489 e. The maximum Gasteiger partial charge on any atom is 0.266 e. The van der Waals surface area contributed by atoms with Gasteiger partial charge < -0.3 is 14.8 Å². The van der Waals surface area contributed by atoms with Crippen molar-refractivity contribution in [1.82, 2.24) is 0 Å². The number of fused-ring (bicyclic) bond motifs is 1. The second-order valence-corrected chi connectivity index (χ2v) is 8.78. The molecule has 5 nitrogen and oxygen atoms in total. The minimum atomic E-state index is -0.511. The Bertz CT molecular complexity index is 1450. The van der Waals surface area contributed by atoms with Crippen molar-refractivity contribution in [2.45, 2.75) is 6.61 Å². The molecule has 0 saturated heterocycles. The first-order valence-electron chi connectivity index (χ1n) is 11.2. The number of amides is 1. The molecule has 0 aromatic heterocycles. The van der Waals surface area contributed by atoms with Gasteiger partial charge in [0, 0.05) is 15.7 Å². The number of halogens is 1. The second kappa shape index (κ2) is 11.9. The summed E-state index contributed by atoms with van der Waals surface area (Å²) < 4.78 is 12.6. The molecule has 0 atom stereocenters. The van der Waals surface area contributed by atoms with Gasteiger partial charge in [0.25, 0.3) is 5.91 Å². The number of hydrogen-bond donors (Lipinski definition) is 1. The summed E-state index contributed by atoms with van der Waals surface area (Å²) in [6.07, 6.45) is 3.21. The van der Waals surface area contributed by atoms with Gasteiger partial charge in [0.1, 0.15) is 36.4 Å². The number of nitriles is 1. The van der Waals surface area contributed by atoms with E-state index in [1.807, 2.05) is 66.7 Å². The number of ether oxygens (including phenoxy) is 2. The maximum absolute atomic E-state index is 12.9. The van der Waals surface area contributed by atoms with Gasteiger partial charge in [-0.3, -0.25) is 4.79 Å². The molecule has 178 valence electrons. The van der Waals surface area contributed by atoms with Crippen LogP contribution in [0.25, 0.3) is 16.8 Å². The normalized spacial score (nSPS) is 10.9. The topological polar surface area (TPSA) is 71.3 Å². The van der Waals surface area contributed by atoms with Crippen molar-refractivity contribution in [2.24, 2.45) is 0 Å². The van der Waals surface area contributed by atoms with E-state index in [0.717, 1.165) is 20.8 Å². The van der Waals surface area contributed by atoms with Crippen LogP contribution < -0.4 is 14.8 Å². The number of hydrogen-bond acceptors (Lipinski definition) is 4. The smallest absolute Gasteiger partial charge is 0.266 e. The molecule has 0 unspecified atom stereocenters. The Balaban J connectivity index is 1.50. The highest BCUT2D eigenvalue weighted by Crippen LogP contribution is 2.30. The van der Waals surface area contributed by atoms with Crippen molar-refractivity contribution in [2.75, 3.05) is 11.9 Å². The van der Waals surface area contributed by atoms with Gasteiger partial charge in [0.05, 0.1) is 0 Å². The average molecular weight is 539 g/mol. The van der Waals surface area contributed by atoms with Crippen LogP contribution in [0.4, 0.5) is 5.69 Å². The molecule has 0 heterocycles. The maximum atomic E-state index is 12.9. The lowest BCUT2D eigenvalue weighted by Gasteiger charge is -2.12. The lowest BCUT2D eigenvalue weighted by molar-refractivity contribution is -0.112. The van der Waals surface area contributed by atoms with Crippen LogP contribution >= 0.6 is 15.9 Å². The van der Waals surface area contributed by atoms with Crippen LogP contribution in [0.2, 0.25) is 0 Å². The Hall–Kier alpha value is -4.34. The predicted molar refractivity (Wildman–Crippen MR) is 147 cm³/mol. The SMILES string of the molecule is C=CCOc1ccc2ccccc2c1/C=C(\C#N)C(=O)Nc1ccc(OCc2ccc(Br)cc2)cc1.